The lowest BCUT2D eigenvalue weighted by molar-refractivity contribution is -0.118. The number of para-hydroxylation sites is 2. The van der Waals surface area contributed by atoms with E-state index in [0.29, 0.717) is 36.9 Å². The summed E-state index contributed by atoms with van der Waals surface area (Å²) in [6.07, 6.45) is 0. The number of carbonyl (C=O) groups excluding carboxylic acids is 1. The van der Waals surface area contributed by atoms with Gasteiger partial charge in [-0.1, -0.05) is 36.0 Å². The Labute approximate surface area is 176 Å². The molecule has 0 aliphatic carbocycles. The molecule has 2 aliphatic rings. The summed E-state index contributed by atoms with van der Waals surface area (Å²) in [5, 5.41) is 6.60. The Morgan fingerprint density at radius 2 is 1.90 bits per heavy atom. The highest BCUT2D eigenvalue weighted by atomic mass is 32.2. The van der Waals surface area contributed by atoms with E-state index in [4.69, 9.17) is 9.40 Å². The minimum absolute atomic E-state index is 0.0509. The fraction of sp³-hybridized carbons (Fsp3) is 0.136. The van der Waals surface area contributed by atoms with Gasteiger partial charge in [0.25, 0.3) is 0 Å². The molecule has 7 nitrogen and oxygen atoms in total. The molecule has 2 N–H and O–H groups in total. The van der Waals surface area contributed by atoms with E-state index in [1.807, 2.05) is 30.3 Å². The van der Waals surface area contributed by atoms with Crippen molar-refractivity contribution in [3.05, 3.63) is 54.6 Å². The molecular formula is C22H17N5O2S. The number of piperazine rings is 1. The van der Waals surface area contributed by atoms with E-state index in [2.05, 4.69) is 39.9 Å². The van der Waals surface area contributed by atoms with Gasteiger partial charge < -0.3 is 15.1 Å². The molecule has 2 aromatic heterocycles. The van der Waals surface area contributed by atoms with Gasteiger partial charge in [-0.25, -0.2) is 4.98 Å². The Morgan fingerprint density at radius 3 is 2.83 bits per heavy atom. The van der Waals surface area contributed by atoms with Gasteiger partial charge in [0.05, 0.1) is 23.6 Å². The van der Waals surface area contributed by atoms with E-state index < -0.39 is 0 Å². The molecule has 2 aromatic carbocycles. The number of amides is 1. The quantitative estimate of drug-likeness (QED) is 0.450. The van der Waals surface area contributed by atoms with Crippen molar-refractivity contribution < 1.29 is 9.21 Å². The summed E-state index contributed by atoms with van der Waals surface area (Å²) >= 11 is 1.74. The van der Waals surface area contributed by atoms with E-state index >= 15 is 0 Å². The first-order valence-electron chi connectivity index (χ1n) is 9.72. The van der Waals surface area contributed by atoms with Crippen molar-refractivity contribution in [2.45, 2.75) is 9.79 Å². The van der Waals surface area contributed by atoms with Gasteiger partial charge >= 0.3 is 6.01 Å². The summed E-state index contributed by atoms with van der Waals surface area (Å²) in [5.74, 6) is -0.0509. The second-order valence-electron chi connectivity index (χ2n) is 7.14. The predicted molar refractivity (Wildman–Crippen MR) is 116 cm³/mol. The number of pyridine rings is 1. The number of hydrogen-bond donors (Lipinski definition) is 2. The van der Waals surface area contributed by atoms with Gasteiger partial charge in [0.15, 0.2) is 5.58 Å². The fourth-order valence-corrected chi connectivity index (χ4v) is 4.77. The number of rotatable bonds is 2. The first-order valence-corrected chi connectivity index (χ1v) is 10.5. The van der Waals surface area contributed by atoms with Crippen molar-refractivity contribution in [1.29, 1.82) is 0 Å². The Hall–Kier alpha value is -3.36. The molecule has 30 heavy (non-hydrogen) atoms. The number of carbonyl (C=O) groups is 1. The van der Waals surface area contributed by atoms with Crippen LogP contribution in [0.5, 0.6) is 0 Å². The zero-order valence-electron chi connectivity index (χ0n) is 15.9. The number of fused-ring (bicyclic) bond motifs is 3. The van der Waals surface area contributed by atoms with Crippen LogP contribution in [-0.4, -0.2) is 35.5 Å². The highest BCUT2D eigenvalue weighted by Gasteiger charge is 2.25. The van der Waals surface area contributed by atoms with E-state index in [0.717, 1.165) is 27.5 Å². The maximum absolute atomic E-state index is 12.2. The minimum atomic E-state index is -0.0509. The Kier molecular flexibility index (Phi) is 4.00. The molecule has 1 fully saturated rings. The standard InChI is InChI=1S/C22H17N5O2S/c28-19-12-23-10-11-27(19)22-26-21-16(29-22)9-8-14(25-21)13-4-3-7-18-20(13)24-15-5-1-2-6-17(15)30-18/h1-9,23-24H,10-12H2. The number of nitrogens with one attached hydrogen (secondary N) is 2. The van der Waals surface area contributed by atoms with Crippen molar-refractivity contribution in [3.63, 3.8) is 0 Å². The lowest BCUT2D eigenvalue weighted by Crippen LogP contribution is -2.48. The van der Waals surface area contributed by atoms with Crippen molar-refractivity contribution in [3.8, 4) is 11.3 Å². The topological polar surface area (TPSA) is 83.3 Å². The van der Waals surface area contributed by atoms with Crippen LogP contribution in [0.1, 0.15) is 0 Å². The Morgan fingerprint density at radius 1 is 1.00 bits per heavy atom. The molecule has 1 amide bonds. The second-order valence-corrected chi connectivity index (χ2v) is 8.22. The molecule has 0 atom stereocenters. The maximum atomic E-state index is 12.2. The van der Waals surface area contributed by atoms with Gasteiger partial charge in [0, 0.05) is 28.4 Å². The molecule has 1 saturated heterocycles. The Bertz CT molecular complexity index is 1300. The summed E-state index contributed by atoms with van der Waals surface area (Å²) in [7, 11) is 0. The SMILES string of the molecule is O=C1CNCCN1c1nc2nc(-c3cccc4c3Nc3ccccc3S4)ccc2o1. The lowest BCUT2D eigenvalue weighted by atomic mass is 10.1. The number of hydrogen-bond acceptors (Lipinski definition) is 7. The number of anilines is 3. The molecule has 8 heteroatoms. The van der Waals surface area contributed by atoms with Gasteiger partial charge in [-0.15, -0.1) is 0 Å². The van der Waals surface area contributed by atoms with Crippen LogP contribution in [0.15, 0.2) is 68.8 Å². The molecule has 0 saturated carbocycles. The second kappa shape index (κ2) is 6.86. The zero-order valence-corrected chi connectivity index (χ0v) is 16.7. The van der Waals surface area contributed by atoms with Crippen molar-refractivity contribution in [1.82, 2.24) is 15.3 Å². The highest BCUT2D eigenvalue weighted by molar-refractivity contribution is 7.99. The molecule has 0 spiro atoms. The van der Waals surface area contributed by atoms with Crippen LogP contribution >= 0.6 is 11.8 Å². The first kappa shape index (κ1) is 17.5. The van der Waals surface area contributed by atoms with Crippen molar-refractivity contribution >= 4 is 46.3 Å². The molecule has 0 radical (unpaired) electrons. The molecule has 6 rings (SSSR count). The molecule has 148 valence electrons. The van der Waals surface area contributed by atoms with Gasteiger partial charge in [-0.2, -0.15) is 4.98 Å². The lowest BCUT2D eigenvalue weighted by Gasteiger charge is -2.23. The van der Waals surface area contributed by atoms with Gasteiger partial charge in [-0.3, -0.25) is 9.69 Å². The fourth-order valence-electron chi connectivity index (χ4n) is 3.75. The summed E-state index contributed by atoms with van der Waals surface area (Å²) < 4.78 is 5.81. The van der Waals surface area contributed by atoms with E-state index in [9.17, 15) is 4.79 Å². The molecule has 4 aromatic rings. The average Bonchev–Trinajstić information content (AvgIpc) is 3.20. The number of nitrogens with zero attached hydrogens (tertiary/aromatic N) is 3. The van der Waals surface area contributed by atoms with Crippen LogP contribution in [0.25, 0.3) is 22.5 Å². The van der Waals surface area contributed by atoms with Crippen LogP contribution in [0.2, 0.25) is 0 Å². The summed E-state index contributed by atoms with van der Waals surface area (Å²) in [6, 6.07) is 18.6. The first-order chi connectivity index (χ1) is 14.8. The minimum Gasteiger partial charge on any atom is -0.421 e. The van der Waals surface area contributed by atoms with Crippen LogP contribution in [0.3, 0.4) is 0 Å². The van der Waals surface area contributed by atoms with E-state index in [1.165, 1.54) is 4.90 Å². The maximum Gasteiger partial charge on any atom is 0.306 e. The smallest absolute Gasteiger partial charge is 0.306 e. The zero-order chi connectivity index (χ0) is 20.1. The monoisotopic (exact) mass is 415 g/mol. The third-order valence-corrected chi connectivity index (χ3v) is 6.37. The Balaban J connectivity index is 1.40. The van der Waals surface area contributed by atoms with E-state index in [1.54, 1.807) is 16.7 Å². The third kappa shape index (κ3) is 2.84. The molecule has 4 heterocycles. The average molecular weight is 415 g/mol. The summed E-state index contributed by atoms with van der Waals surface area (Å²) in [6.45, 7) is 1.54. The summed E-state index contributed by atoms with van der Waals surface area (Å²) in [4.78, 5) is 25.3. The molecule has 2 aliphatic heterocycles. The van der Waals surface area contributed by atoms with E-state index in [-0.39, 0.29) is 5.91 Å². The normalized spacial score (nSPS) is 15.6. The number of aromatic nitrogens is 2. The van der Waals surface area contributed by atoms with Gasteiger partial charge in [0.2, 0.25) is 11.6 Å². The molecular weight excluding hydrogens is 398 g/mol. The molecule has 0 bridgehead atoms. The number of benzene rings is 2. The van der Waals surface area contributed by atoms with Crippen molar-refractivity contribution in [2.24, 2.45) is 0 Å². The van der Waals surface area contributed by atoms with Crippen LogP contribution in [0, 0.1) is 0 Å². The van der Waals surface area contributed by atoms with Crippen molar-refractivity contribution in [2.75, 3.05) is 29.9 Å². The summed E-state index contributed by atoms with van der Waals surface area (Å²) in [5.41, 5.74) is 4.99. The van der Waals surface area contributed by atoms with Gasteiger partial charge in [0.1, 0.15) is 0 Å². The van der Waals surface area contributed by atoms with Crippen LogP contribution < -0.4 is 15.5 Å². The predicted octanol–water partition coefficient (Wildman–Crippen LogP) is 4.03. The molecule has 0 unspecified atom stereocenters. The largest absolute Gasteiger partial charge is 0.421 e. The van der Waals surface area contributed by atoms with Crippen LogP contribution in [-0.2, 0) is 4.79 Å². The van der Waals surface area contributed by atoms with Gasteiger partial charge in [-0.05, 0) is 30.3 Å². The third-order valence-electron chi connectivity index (χ3n) is 5.23. The van der Waals surface area contributed by atoms with Crippen LogP contribution in [0.4, 0.5) is 17.4 Å². The number of oxazole rings is 1. The highest BCUT2D eigenvalue weighted by Crippen LogP contribution is 2.47.